The molecule has 6 N–H and O–H groups in total. The van der Waals surface area contributed by atoms with Crippen LogP contribution in [0.1, 0.15) is 271 Å². The number of carbonyl (C=O) groups excluding carboxylic acids is 1. The van der Waals surface area contributed by atoms with Gasteiger partial charge in [-0.05, 0) is 32.1 Å². The molecular weight excluding hydrogens is 815 g/mol. The van der Waals surface area contributed by atoms with Crippen molar-refractivity contribution in [3.05, 3.63) is 24.3 Å². The summed E-state index contributed by atoms with van der Waals surface area (Å²) in [5.41, 5.74) is 0. The zero-order chi connectivity index (χ0) is 47.3. The fraction of sp³-hybridized carbons (Fsp3) is 0.911. The fourth-order valence-corrected chi connectivity index (χ4v) is 9.06. The summed E-state index contributed by atoms with van der Waals surface area (Å²) >= 11 is 0. The van der Waals surface area contributed by atoms with E-state index in [0.717, 1.165) is 38.5 Å². The van der Waals surface area contributed by atoms with Crippen LogP contribution in [0.25, 0.3) is 0 Å². The molecule has 0 aromatic carbocycles. The van der Waals surface area contributed by atoms with Crippen molar-refractivity contribution in [1.82, 2.24) is 5.32 Å². The number of carbonyl (C=O) groups is 1. The van der Waals surface area contributed by atoms with E-state index in [2.05, 4.69) is 31.3 Å². The molecule has 384 valence electrons. The third-order valence-electron chi connectivity index (χ3n) is 13.5. The molecule has 1 rings (SSSR count). The molecule has 1 aliphatic rings. The quantitative estimate of drug-likeness (QED) is 0.0261. The molecule has 0 saturated carbocycles. The lowest BCUT2D eigenvalue weighted by Crippen LogP contribution is -2.60. The molecule has 0 aromatic heterocycles. The Morgan fingerprint density at radius 3 is 1.29 bits per heavy atom. The van der Waals surface area contributed by atoms with Crippen LogP contribution in [0.15, 0.2) is 24.3 Å². The number of ether oxygens (including phenoxy) is 2. The second-order valence-corrected chi connectivity index (χ2v) is 19.7. The predicted molar refractivity (Wildman–Crippen MR) is 272 cm³/mol. The largest absolute Gasteiger partial charge is 0.394 e. The average molecular weight is 922 g/mol. The van der Waals surface area contributed by atoms with E-state index in [1.807, 2.05) is 6.08 Å². The minimum Gasteiger partial charge on any atom is -0.394 e. The molecule has 0 aromatic rings. The first-order valence-corrected chi connectivity index (χ1v) is 28.1. The first-order valence-electron chi connectivity index (χ1n) is 28.1. The van der Waals surface area contributed by atoms with Gasteiger partial charge in [-0.15, -0.1) is 0 Å². The van der Waals surface area contributed by atoms with Crippen LogP contribution in [0.4, 0.5) is 0 Å². The minimum absolute atomic E-state index is 0.182. The third kappa shape index (κ3) is 36.3. The summed E-state index contributed by atoms with van der Waals surface area (Å²) in [6.45, 7) is 3.80. The normalized spacial score (nSPS) is 20.0. The number of rotatable bonds is 48. The molecule has 7 atom stereocenters. The van der Waals surface area contributed by atoms with Gasteiger partial charge in [0.25, 0.3) is 0 Å². The second-order valence-electron chi connectivity index (χ2n) is 19.7. The molecule has 9 nitrogen and oxygen atoms in total. The van der Waals surface area contributed by atoms with Crippen LogP contribution < -0.4 is 5.32 Å². The van der Waals surface area contributed by atoms with Gasteiger partial charge >= 0.3 is 0 Å². The molecule has 0 spiro atoms. The highest BCUT2D eigenvalue weighted by molar-refractivity contribution is 5.76. The Hall–Kier alpha value is -1.33. The number of hydrogen-bond acceptors (Lipinski definition) is 8. The maximum Gasteiger partial charge on any atom is 0.220 e. The van der Waals surface area contributed by atoms with Gasteiger partial charge in [-0.2, -0.15) is 0 Å². The van der Waals surface area contributed by atoms with Gasteiger partial charge in [0.05, 0.1) is 25.4 Å². The fourth-order valence-electron chi connectivity index (χ4n) is 9.06. The lowest BCUT2D eigenvalue weighted by Gasteiger charge is -2.40. The van der Waals surface area contributed by atoms with E-state index < -0.39 is 49.5 Å². The van der Waals surface area contributed by atoms with Crippen LogP contribution in [0.2, 0.25) is 0 Å². The first-order chi connectivity index (χ1) is 31.8. The summed E-state index contributed by atoms with van der Waals surface area (Å²) in [7, 11) is 0. The number of hydrogen-bond donors (Lipinski definition) is 6. The molecule has 0 radical (unpaired) electrons. The molecule has 0 bridgehead atoms. The van der Waals surface area contributed by atoms with Crippen molar-refractivity contribution in [2.75, 3.05) is 13.2 Å². The van der Waals surface area contributed by atoms with E-state index in [0.29, 0.717) is 6.42 Å². The predicted octanol–water partition coefficient (Wildman–Crippen LogP) is 13.4. The van der Waals surface area contributed by atoms with Gasteiger partial charge in [-0.3, -0.25) is 4.79 Å². The molecule has 1 heterocycles. The molecule has 65 heavy (non-hydrogen) atoms. The van der Waals surface area contributed by atoms with Gasteiger partial charge in [0.2, 0.25) is 5.91 Å². The second kappa shape index (κ2) is 46.4. The van der Waals surface area contributed by atoms with Crippen molar-refractivity contribution in [3.8, 4) is 0 Å². The molecular formula is C56H107NO8. The number of aliphatic hydroxyl groups excluding tert-OH is 5. The zero-order valence-electron chi connectivity index (χ0n) is 42.5. The molecule has 9 heteroatoms. The summed E-state index contributed by atoms with van der Waals surface area (Å²) in [5, 5.41) is 54.4. The Balaban J connectivity index is 2.26. The number of amides is 1. The average Bonchev–Trinajstić information content (AvgIpc) is 3.31. The minimum atomic E-state index is -1.57. The van der Waals surface area contributed by atoms with Crippen molar-refractivity contribution < 1.29 is 39.8 Å². The van der Waals surface area contributed by atoms with E-state index in [4.69, 9.17) is 9.47 Å². The van der Waals surface area contributed by atoms with E-state index in [1.165, 1.54) is 212 Å². The molecule has 0 aliphatic carbocycles. The number of unbranched alkanes of at least 4 members (excludes halogenated alkanes) is 36. The molecule has 1 amide bonds. The van der Waals surface area contributed by atoms with Gasteiger partial charge < -0.3 is 40.3 Å². The van der Waals surface area contributed by atoms with Crippen LogP contribution in [0.5, 0.6) is 0 Å². The SMILES string of the molecule is CCCCCCCCCCCCCCCCCCCC/C=C/CC/C=C/C(O)C(COC1OC(CO)C(O)C(O)C1O)NC(=O)CCCCCCCCCCCCCCCCCCCC. The van der Waals surface area contributed by atoms with E-state index in [9.17, 15) is 30.3 Å². The molecule has 1 saturated heterocycles. The van der Waals surface area contributed by atoms with Gasteiger partial charge in [-0.1, -0.05) is 256 Å². The molecule has 1 aliphatic heterocycles. The van der Waals surface area contributed by atoms with Crippen molar-refractivity contribution >= 4 is 5.91 Å². The van der Waals surface area contributed by atoms with Gasteiger partial charge in [0, 0.05) is 6.42 Å². The summed E-state index contributed by atoms with van der Waals surface area (Å²) in [5.74, 6) is -0.182. The standard InChI is InChI=1S/C56H107NO8/c1-3-5-7-9-11-13-15-17-19-21-23-24-25-26-27-28-29-31-33-35-37-39-41-43-45-50(59)49(48-64-56-55(63)54(62)53(61)51(47-58)65-56)57-52(60)46-44-42-40-38-36-34-32-30-22-20-18-16-14-12-10-8-6-4-2/h35,37,43,45,49-51,53-56,58-59,61-63H,3-34,36,38-42,44,46-48H2,1-2H3,(H,57,60)/b37-35+,45-43+. The highest BCUT2D eigenvalue weighted by atomic mass is 16.7. The highest BCUT2D eigenvalue weighted by Crippen LogP contribution is 2.23. The highest BCUT2D eigenvalue weighted by Gasteiger charge is 2.44. The summed E-state index contributed by atoms with van der Waals surface area (Å²) in [4.78, 5) is 13.0. The molecule has 1 fully saturated rings. The van der Waals surface area contributed by atoms with Crippen LogP contribution in [0.3, 0.4) is 0 Å². The van der Waals surface area contributed by atoms with Crippen LogP contribution in [0, 0.1) is 0 Å². The Kier molecular flexibility index (Phi) is 44.0. The van der Waals surface area contributed by atoms with Crippen LogP contribution in [-0.2, 0) is 14.3 Å². The molecule has 7 unspecified atom stereocenters. The van der Waals surface area contributed by atoms with E-state index >= 15 is 0 Å². The number of nitrogens with one attached hydrogen (secondary N) is 1. The third-order valence-corrected chi connectivity index (χ3v) is 13.5. The van der Waals surface area contributed by atoms with Crippen molar-refractivity contribution in [2.24, 2.45) is 0 Å². The van der Waals surface area contributed by atoms with Gasteiger partial charge in [-0.25, -0.2) is 0 Å². The maximum atomic E-state index is 13.0. The Bertz CT molecular complexity index is 1070. The Morgan fingerprint density at radius 1 is 0.508 bits per heavy atom. The Labute approximate surface area is 400 Å². The first kappa shape index (κ1) is 61.7. The lowest BCUT2D eigenvalue weighted by molar-refractivity contribution is -0.302. The number of allylic oxidation sites excluding steroid dienone is 3. The lowest BCUT2D eigenvalue weighted by atomic mass is 9.99. The van der Waals surface area contributed by atoms with E-state index in [-0.39, 0.29) is 12.5 Å². The van der Waals surface area contributed by atoms with Crippen molar-refractivity contribution in [3.63, 3.8) is 0 Å². The van der Waals surface area contributed by atoms with Crippen molar-refractivity contribution in [2.45, 2.75) is 314 Å². The summed E-state index contributed by atoms with van der Waals surface area (Å²) in [6.07, 6.45) is 51.0. The summed E-state index contributed by atoms with van der Waals surface area (Å²) in [6, 6.07) is -0.818. The van der Waals surface area contributed by atoms with Crippen LogP contribution in [-0.4, -0.2) is 87.5 Å². The van der Waals surface area contributed by atoms with Crippen molar-refractivity contribution in [1.29, 1.82) is 0 Å². The smallest absolute Gasteiger partial charge is 0.220 e. The van der Waals surface area contributed by atoms with Crippen LogP contribution >= 0.6 is 0 Å². The number of aliphatic hydroxyl groups is 5. The summed E-state index contributed by atoms with van der Waals surface area (Å²) < 4.78 is 11.3. The zero-order valence-corrected chi connectivity index (χ0v) is 42.5. The topological polar surface area (TPSA) is 149 Å². The van der Waals surface area contributed by atoms with E-state index in [1.54, 1.807) is 6.08 Å². The Morgan fingerprint density at radius 2 is 0.877 bits per heavy atom. The van der Waals surface area contributed by atoms with Gasteiger partial charge in [0.15, 0.2) is 6.29 Å². The monoisotopic (exact) mass is 922 g/mol. The maximum absolute atomic E-state index is 13.0. The van der Waals surface area contributed by atoms with Gasteiger partial charge in [0.1, 0.15) is 24.4 Å².